The van der Waals surface area contributed by atoms with Gasteiger partial charge in [0.15, 0.2) is 23.0 Å². The van der Waals surface area contributed by atoms with Crippen molar-refractivity contribution in [3.05, 3.63) is 11.4 Å². The molecule has 14 heavy (non-hydrogen) atoms. The average molecular weight is 198 g/mol. The maximum absolute atomic E-state index is 10.5. The number of hydrogen-bond donors (Lipinski definition) is 4. The van der Waals surface area contributed by atoms with Crippen LogP contribution >= 0.6 is 0 Å². The van der Waals surface area contributed by atoms with Crippen LogP contribution in [0.3, 0.4) is 0 Å². The monoisotopic (exact) mass is 198 g/mol. The smallest absolute Gasteiger partial charge is 0.357 e. The van der Waals surface area contributed by atoms with Crippen LogP contribution in [0, 0.1) is 0 Å². The molecule has 0 aromatic carbocycles. The van der Waals surface area contributed by atoms with Crippen molar-refractivity contribution >= 4 is 23.6 Å². The Bertz CT molecular complexity index is 378. The van der Waals surface area contributed by atoms with E-state index in [0.29, 0.717) is 0 Å². The van der Waals surface area contributed by atoms with E-state index in [1.165, 1.54) is 0 Å². The van der Waals surface area contributed by atoms with Gasteiger partial charge in [0.1, 0.15) is 0 Å². The second kappa shape index (κ2) is 3.17. The maximum Gasteiger partial charge on any atom is 0.357 e. The first kappa shape index (κ1) is 9.71. The molecule has 0 amide bonds. The lowest BCUT2D eigenvalue weighted by molar-refractivity contribution is 0.0641. The second-order valence-corrected chi connectivity index (χ2v) is 2.30. The highest BCUT2D eigenvalue weighted by Gasteiger charge is 2.21. The Morgan fingerprint density at radius 1 is 0.929 bits per heavy atom. The first-order chi connectivity index (χ1) is 6.43. The molecule has 0 aliphatic heterocycles. The zero-order chi connectivity index (χ0) is 10.9. The normalized spacial score (nSPS) is 9.71. The molecule has 1 rings (SSSR count). The zero-order valence-corrected chi connectivity index (χ0v) is 6.76. The molecule has 0 saturated heterocycles. The topological polar surface area (TPSA) is 152 Å². The highest BCUT2D eigenvalue weighted by molar-refractivity contribution is 5.99. The van der Waals surface area contributed by atoms with Crippen molar-refractivity contribution in [3.8, 4) is 0 Å². The van der Waals surface area contributed by atoms with Gasteiger partial charge in [-0.2, -0.15) is 0 Å². The summed E-state index contributed by atoms with van der Waals surface area (Å²) in [6.07, 6.45) is 0. The van der Waals surface area contributed by atoms with Gasteiger partial charge in [0.05, 0.1) is 0 Å². The number of anilines is 2. The largest absolute Gasteiger partial charge is 0.476 e. The number of nitrogens with zero attached hydrogens (tertiary/aromatic N) is 2. The third kappa shape index (κ3) is 1.53. The van der Waals surface area contributed by atoms with Crippen LogP contribution < -0.4 is 11.5 Å². The summed E-state index contributed by atoms with van der Waals surface area (Å²) >= 11 is 0. The SMILES string of the molecule is Nc1nc(C(=O)O)c(C(=O)O)nc1N. The van der Waals surface area contributed by atoms with Gasteiger partial charge in [-0.25, -0.2) is 19.6 Å². The summed E-state index contributed by atoms with van der Waals surface area (Å²) in [7, 11) is 0. The summed E-state index contributed by atoms with van der Waals surface area (Å²) in [5.41, 5.74) is 8.88. The molecule has 0 spiro atoms. The number of carboxylic acid groups (broad SMARTS) is 2. The van der Waals surface area contributed by atoms with Gasteiger partial charge in [0, 0.05) is 0 Å². The summed E-state index contributed by atoms with van der Waals surface area (Å²) in [6, 6.07) is 0. The van der Waals surface area contributed by atoms with E-state index in [2.05, 4.69) is 9.97 Å². The molecule has 1 heterocycles. The van der Waals surface area contributed by atoms with Gasteiger partial charge in [-0.15, -0.1) is 0 Å². The van der Waals surface area contributed by atoms with E-state index in [1.807, 2.05) is 0 Å². The van der Waals surface area contributed by atoms with Gasteiger partial charge >= 0.3 is 11.9 Å². The van der Waals surface area contributed by atoms with Crippen molar-refractivity contribution in [2.24, 2.45) is 0 Å². The molecule has 1 aromatic rings. The molecule has 1 aromatic heterocycles. The Labute approximate surface area is 77.2 Å². The lowest BCUT2D eigenvalue weighted by atomic mass is 10.3. The molecule has 0 unspecified atom stereocenters. The summed E-state index contributed by atoms with van der Waals surface area (Å²) in [5, 5.41) is 17.1. The van der Waals surface area contributed by atoms with Gasteiger partial charge in [-0.3, -0.25) is 0 Å². The molecular formula is C6H6N4O4. The van der Waals surface area contributed by atoms with E-state index in [-0.39, 0.29) is 11.6 Å². The Morgan fingerprint density at radius 2 is 1.21 bits per heavy atom. The average Bonchev–Trinajstić information content (AvgIpc) is 2.08. The first-order valence-corrected chi connectivity index (χ1v) is 3.33. The summed E-state index contributed by atoms with van der Waals surface area (Å²) in [5.74, 6) is -3.68. The Kier molecular flexibility index (Phi) is 2.19. The van der Waals surface area contributed by atoms with Crippen LogP contribution in [0.4, 0.5) is 11.6 Å². The first-order valence-electron chi connectivity index (χ1n) is 3.33. The van der Waals surface area contributed by atoms with Crippen LogP contribution in [0.1, 0.15) is 21.0 Å². The molecule has 0 fully saturated rings. The van der Waals surface area contributed by atoms with E-state index in [4.69, 9.17) is 21.7 Å². The number of aromatic carboxylic acids is 2. The molecule has 0 atom stereocenters. The number of carbonyl (C=O) groups is 2. The van der Waals surface area contributed by atoms with Crippen LogP contribution in [-0.4, -0.2) is 32.1 Å². The van der Waals surface area contributed by atoms with Crippen LogP contribution in [0.25, 0.3) is 0 Å². The lowest BCUT2D eigenvalue weighted by Gasteiger charge is -2.03. The van der Waals surface area contributed by atoms with Crippen molar-refractivity contribution < 1.29 is 19.8 Å². The van der Waals surface area contributed by atoms with E-state index in [0.717, 1.165) is 0 Å². The van der Waals surface area contributed by atoms with Gasteiger partial charge < -0.3 is 21.7 Å². The number of hydrogen-bond acceptors (Lipinski definition) is 6. The number of rotatable bonds is 2. The van der Waals surface area contributed by atoms with Crippen molar-refractivity contribution in [1.29, 1.82) is 0 Å². The molecule has 0 radical (unpaired) electrons. The fourth-order valence-corrected chi connectivity index (χ4v) is 0.760. The van der Waals surface area contributed by atoms with Crippen LogP contribution in [0.5, 0.6) is 0 Å². The van der Waals surface area contributed by atoms with Crippen molar-refractivity contribution in [1.82, 2.24) is 9.97 Å². The van der Waals surface area contributed by atoms with E-state index in [9.17, 15) is 9.59 Å². The summed E-state index contributed by atoms with van der Waals surface area (Å²) in [6.45, 7) is 0. The van der Waals surface area contributed by atoms with E-state index in [1.54, 1.807) is 0 Å². The van der Waals surface area contributed by atoms with E-state index < -0.39 is 23.3 Å². The molecule has 0 saturated carbocycles. The zero-order valence-electron chi connectivity index (χ0n) is 6.76. The third-order valence-corrected chi connectivity index (χ3v) is 1.36. The van der Waals surface area contributed by atoms with Crippen molar-refractivity contribution in [2.75, 3.05) is 11.5 Å². The molecule has 0 aliphatic rings. The van der Waals surface area contributed by atoms with Crippen molar-refractivity contribution in [2.45, 2.75) is 0 Å². The van der Waals surface area contributed by atoms with Gasteiger partial charge in [-0.1, -0.05) is 0 Å². The Hall–Kier alpha value is -2.38. The third-order valence-electron chi connectivity index (χ3n) is 1.36. The van der Waals surface area contributed by atoms with Gasteiger partial charge in [0.25, 0.3) is 0 Å². The van der Waals surface area contributed by atoms with Crippen LogP contribution in [-0.2, 0) is 0 Å². The van der Waals surface area contributed by atoms with Crippen molar-refractivity contribution in [3.63, 3.8) is 0 Å². The highest BCUT2D eigenvalue weighted by Crippen LogP contribution is 2.12. The van der Waals surface area contributed by atoms with E-state index >= 15 is 0 Å². The minimum atomic E-state index is -1.53. The number of nitrogen functional groups attached to an aromatic ring is 2. The van der Waals surface area contributed by atoms with Gasteiger partial charge in [0.2, 0.25) is 0 Å². The minimum absolute atomic E-state index is 0.313. The molecule has 8 heteroatoms. The Balaban J connectivity index is 3.46. The molecule has 74 valence electrons. The van der Waals surface area contributed by atoms with Gasteiger partial charge in [-0.05, 0) is 0 Å². The molecule has 8 nitrogen and oxygen atoms in total. The number of carboxylic acids is 2. The summed E-state index contributed by atoms with van der Waals surface area (Å²) < 4.78 is 0. The summed E-state index contributed by atoms with van der Waals surface area (Å²) in [4.78, 5) is 27.7. The van der Waals surface area contributed by atoms with Crippen LogP contribution in [0.15, 0.2) is 0 Å². The predicted octanol–water partition coefficient (Wildman–Crippen LogP) is -0.963. The molecule has 0 aliphatic carbocycles. The molecule has 6 N–H and O–H groups in total. The molecule has 0 bridgehead atoms. The number of aromatic nitrogens is 2. The predicted molar refractivity (Wildman–Crippen MR) is 44.8 cm³/mol. The highest BCUT2D eigenvalue weighted by atomic mass is 16.4. The van der Waals surface area contributed by atoms with Crippen LogP contribution in [0.2, 0.25) is 0 Å². The standard InChI is InChI=1S/C6H6N4O4/c7-3-4(8)10-2(6(13)14)1(9-3)5(11)12/h(H2,7,9)(H2,8,10)(H,11,12)(H,13,14). The number of nitrogens with two attached hydrogens (primary N) is 2. The lowest BCUT2D eigenvalue weighted by Crippen LogP contribution is -2.16. The Morgan fingerprint density at radius 3 is 1.43 bits per heavy atom. The molecular weight excluding hydrogens is 192 g/mol. The maximum atomic E-state index is 10.5. The minimum Gasteiger partial charge on any atom is -0.476 e. The quantitative estimate of drug-likeness (QED) is 0.473. The fraction of sp³-hybridized carbons (Fsp3) is 0. The fourth-order valence-electron chi connectivity index (χ4n) is 0.760. The second-order valence-electron chi connectivity index (χ2n) is 2.30.